The molecule has 2 aliphatic rings. The summed E-state index contributed by atoms with van der Waals surface area (Å²) in [6.07, 6.45) is 1.11. The lowest BCUT2D eigenvalue weighted by molar-refractivity contribution is 0.414. The number of rotatable bonds is 6. The van der Waals surface area contributed by atoms with Crippen LogP contribution < -0.4 is 0 Å². The second kappa shape index (κ2) is 6.16. The van der Waals surface area contributed by atoms with Gasteiger partial charge < -0.3 is 13.9 Å². The molecule has 1 saturated heterocycles. The van der Waals surface area contributed by atoms with E-state index >= 15 is 0 Å². The van der Waals surface area contributed by atoms with E-state index in [4.69, 9.17) is 13.9 Å². The Hall–Kier alpha value is 4.45. The lowest BCUT2D eigenvalue weighted by Crippen LogP contribution is -2.27. The first-order chi connectivity index (χ1) is 7.62. The third-order valence-electron chi connectivity index (χ3n) is 2.18. The molecule has 1 heterocycles. The van der Waals surface area contributed by atoms with Crippen LogP contribution in [0.3, 0.4) is 0 Å². The molecule has 17 heavy (non-hydrogen) atoms. The Balaban J connectivity index is 1.57. The number of alkyl halides is 6. The summed E-state index contributed by atoms with van der Waals surface area (Å²) in [6.45, 7) is 0. The van der Waals surface area contributed by atoms with E-state index in [1.54, 1.807) is 7.48 Å². The molecule has 2 unspecified atom stereocenters. The minimum Gasteiger partial charge on any atom is -0.481 e. The molecule has 0 aromatic heterocycles. The van der Waals surface area contributed by atoms with Crippen LogP contribution in [0.4, 0.5) is 0 Å². The van der Waals surface area contributed by atoms with Crippen molar-refractivity contribution in [3.8, 4) is 0 Å². The van der Waals surface area contributed by atoms with Crippen molar-refractivity contribution >= 4 is 158 Å². The van der Waals surface area contributed by atoms with Crippen molar-refractivity contribution in [2.75, 3.05) is 0 Å². The van der Waals surface area contributed by atoms with Gasteiger partial charge in [0, 0.05) is 3.32 Å². The Kier molecular flexibility index (Phi) is 6.45. The number of ether oxygens (including phenoxy) is 1. The molecule has 3 nitrogen and oxygen atoms in total. The van der Waals surface area contributed by atoms with E-state index in [9.17, 15) is 0 Å². The zero-order valence-corrected chi connectivity index (χ0v) is 20.9. The Morgan fingerprint density at radius 2 is 1.41 bits per heavy atom. The molecule has 12 heteroatoms. The SMILES string of the molecule is IC1(I)CC1(I)[B]O[B]O[B]C1(I)OC1(I)I. The molecule has 1 aliphatic carbocycles. The summed E-state index contributed by atoms with van der Waals surface area (Å²) >= 11 is 14.0. The van der Waals surface area contributed by atoms with Crippen LogP contribution in [0, 0.1) is 0 Å². The smallest absolute Gasteiger partial charge is 0.454 e. The molecular formula is C5H2B3I6O3. The first kappa shape index (κ1) is 17.8. The highest BCUT2D eigenvalue weighted by Gasteiger charge is 2.67. The van der Waals surface area contributed by atoms with Crippen LogP contribution in [0.25, 0.3) is 0 Å². The van der Waals surface area contributed by atoms with Gasteiger partial charge in [-0.1, -0.05) is 67.8 Å². The monoisotopic (exact) mass is 904 g/mol. The van der Waals surface area contributed by atoms with E-state index in [1.807, 2.05) is 7.48 Å². The summed E-state index contributed by atoms with van der Waals surface area (Å²) in [7, 11) is 4.82. The second-order valence-corrected chi connectivity index (χ2v) is 18.0. The van der Waals surface area contributed by atoms with E-state index in [-0.39, 0.29) is 9.87 Å². The number of hydrogen-bond donors (Lipinski definition) is 0. The Labute approximate surface area is 184 Å². The Morgan fingerprint density at radius 1 is 0.941 bits per heavy atom. The molecule has 2 fully saturated rings. The van der Waals surface area contributed by atoms with Crippen LogP contribution in [-0.2, 0) is 13.9 Å². The molecule has 2 atom stereocenters. The molecule has 1 saturated carbocycles. The van der Waals surface area contributed by atoms with Gasteiger partial charge in [0.05, 0.1) is 1.43 Å². The Bertz CT molecular complexity index is 302. The van der Waals surface area contributed by atoms with Gasteiger partial charge in [-0.15, -0.1) is 0 Å². The van der Waals surface area contributed by atoms with Crippen LogP contribution >= 0.6 is 136 Å². The molecule has 0 spiro atoms. The largest absolute Gasteiger partial charge is 0.481 e. The molecule has 0 aromatic rings. The quantitative estimate of drug-likeness (QED) is 0.135. The van der Waals surface area contributed by atoms with Gasteiger partial charge in [0.15, 0.2) is 3.51 Å². The third-order valence-corrected chi connectivity index (χ3v) is 13.8. The van der Waals surface area contributed by atoms with Gasteiger partial charge in [0.1, 0.15) is 0 Å². The third kappa shape index (κ3) is 4.26. The maximum Gasteiger partial charge on any atom is 0.454 e. The van der Waals surface area contributed by atoms with Gasteiger partial charge in [0.25, 0.3) is 7.48 Å². The average molecular weight is 904 g/mol. The van der Waals surface area contributed by atoms with Crippen molar-refractivity contribution in [2.45, 2.75) is 16.3 Å². The number of epoxide rings is 1. The summed E-state index contributed by atoms with van der Waals surface area (Å²) in [6, 6.07) is 0. The van der Waals surface area contributed by atoms with Crippen molar-refractivity contribution in [3.63, 3.8) is 0 Å². The standard InChI is InChI=1S/C5H2B3I6O3/c9-2(1-3(2,10)11)6-16-8-17-7-4(12)5(13,14)15-4/h1H2. The summed E-state index contributed by atoms with van der Waals surface area (Å²) in [5.74, 6) is 0. The van der Waals surface area contributed by atoms with E-state index in [2.05, 4.69) is 136 Å². The van der Waals surface area contributed by atoms with Gasteiger partial charge >= 0.3 is 15.2 Å². The molecule has 0 aromatic carbocycles. The van der Waals surface area contributed by atoms with Gasteiger partial charge in [-0.3, -0.25) is 0 Å². The molecule has 0 N–H and O–H groups in total. The highest BCUT2D eigenvalue weighted by Crippen LogP contribution is 2.65. The van der Waals surface area contributed by atoms with E-state index in [0.29, 0.717) is 0 Å². The summed E-state index contributed by atoms with van der Waals surface area (Å²) < 4.78 is 15.8. The maximum atomic E-state index is 5.47. The molecular weight excluding hydrogens is 902 g/mol. The number of halogens is 6. The van der Waals surface area contributed by atoms with Gasteiger partial charge in [-0.2, -0.15) is 0 Å². The molecule has 91 valence electrons. The molecule has 0 amide bonds. The molecule has 3 radical (unpaired) electrons. The topological polar surface area (TPSA) is 31.0 Å². The maximum absolute atomic E-state index is 5.47. The highest BCUT2D eigenvalue weighted by molar-refractivity contribution is 14.2. The zero-order chi connectivity index (χ0) is 12.9. The van der Waals surface area contributed by atoms with Gasteiger partial charge in [0.2, 0.25) is 1.61 Å². The van der Waals surface area contributed by atoms with E-state index in [1.165, 1.54) is 7.69 Å². The van der Waals surface area contributed by atoms with Crippen molar-refractivity contribution in [1.29, 1.82) is 0 Å². The average Bonchev–Trinajstić information content (AvgIpc) is 2.83. The normalized spacial score (nSPS) is 40.6. The lowest BCUT2D eigenvalue weighted by Gasteiger charge is -2.09. The zero-order valence-electron chi connectivity index (χ0n) is 7.93. The van der Waals surface area contributed by atoms with Gasteiger partial charge in [-0.25, -0.2) is 0 Å². The lowest BCUT2D eigenvalue weighted by atomic mass is 9.89. The minimum atomic E-state index is -0.358. The summed E-state index contributed by atoms with van der Waals surface area (Å²) in [4.78, 5) is 0. The summed E-state index contributed by atoms with van der Waals surface area (Å²) in [5, 5.41) is 0. The Morgan fingerprint density at radius 3 is 1.82 bits per heavy atom. The molecule has 1 aliphatic heterocycles. The van der Waals surface area contributed by atoms with Crippen LogP contribution in [0.5, 0.6) is 0 Å². The van der Waals surface area contributed by atoms with Crippen molar-refractivity contribution < 1.29 is 13.9 Å². The highest BCUT2D eigenvalue weighted by atomic mass is 127. The van der Waals surface area contributed by atoms with Crippen LogP contribution in [0.2, 0.25) is 0 Å². The van der Waals surface area contributed by atoms with Crippen molar-refractivity contribution in [1.82, 2.24) is 0 Å². The predicted molar refractivity (Wildman–Crippen MR) is 120 cm³/mol. The van der Waals surface area contributed by atoms with Crippen molar-refractivity contribution in [3.05, 3.63) is 0 Å². The fraction of sp³-hybridized carbons (Fsp3) is 1.00. The fourth-order valence-corrected chi connectivity index (χ4v) is 6.85. The second-order valence-electron chi connectivity index (χ2n) is 3.61. The fourth-order valence-electron chi connectivity index (χ4n) is 0.943. The van der Waals surface area contributed by atoms with Crippen molar-refractivity contribution in [2.24, 2.45) is 0 Å². The minimum absolute atomic E-state index is 0.111. The van der Waals surface area contributed by atoms with Crippen LogP contribution in [0.15, 0.2) is 0 Å². The predicted octanol–water partition coefficient (Wildman–Crippen LogP) is 3.54. The first-order valence-corrected chi connectivity index (χ1v) is 10.7. The van der Waals surface area contributed by atoms with Crippen LogP contribution in [0.1, 0.15) is 6.42 Å². The van der Waals surface area contributed by atoms with Crippen LogP contribution in [-0.4, -0.2) is 32.5 Å². The summed E-state index contributed by atoms with van der Waals surface area (Å²) in [5.41, 5.74) is 0. The van der Waals surface area contributed by atoms with E-state index < -0.39 is 0 Å². The molecule has 0 bridgehead atoms. The van der Waals surface area contributed by atoms with Gasteiger partial charge in [-0.05, 0) is 74.2 Å². The first-order valence-electron chi connectivity index (χ1n) is 4.27. The number of hydrogen-bond acceptors (Lipinski definition) is 3. The van der Waals surface area contributed by atoms with E-state index in [0.717, 1.165) is 6.42 Å². The molecule has 2 rings (SSSR count).